The molecule has 0 aliphatic heterocycles. The van der Waals surface area contributed by atoms with Crippen molar-refractivity contribution in [2.75, 3.05) is 34.4 Å². The van der Waals surface area contributed by atoms with E-state index in [2.05, 4.69) is 4.90 Å². The zero-order valence-electron chi connectivity index (χ0n) is 7.26. The molecule has 0 saturated carbocycles. The average Bonchev–Trinajstić information content (AvgIpc) is 1.87. The molecule has 0 aromatic heterocycles. The van der Waals surface area contributed by atoms with Crippen LogP contribution < -0.4 is 0 Å². The Morgan fingerprint density at radius 1 is 1.40 bits per heavy atom. The van der Waals surface area contributed by atoms with E-state index in [4.69, 9.17) is 9.47 Å². The third-order valence-corrected chi connectivity index (χ3v) is 1.22. The van der Waals surface area contributed by atoms with Gasteiger partial charge in [0.15, 0.2) is 6.29 Å². The topological polar surface area (TPSA) is 21.7 Å². The Hall–Kier alpha value is -0.120. The number of rotatable bonds is 5. The Morgan fingerprint density at radius 3 is 2.40 bits per heavy atom. The summed E-state index contributed by atoms with van der Waals surface area (Å²) in [5, 5.41) is 0. The van der Waals surface area contributed by atoms with Gasteiger partial charge in [-0.05, 0) is 21.0 Å². The van der Waals surface area contributed by atoms with Crippen LogP contribution >= 0.6 is 0 Å². The number of likely N-dealkylation sites (N-methyl/N-ethyl adjacent to an activating group) is 1. The van der Waals surface area contributed by atoms with E-state index in [9.17, 15) is 0 Å². The van der Waals surface area contributed by atoms with Crippen molar-refractivity contribution in [2.24, 2.45) is 0 Å². The van der Waals surface area contributed by atoms with Gasteiger partial charge in [0.05, 0.1) is 6.61 Å². The van der Waals surface area contributed by atoms with E-state index in [1.165, 1.54) is 0 Å². The van der Waals surface area contributed by atoms with Crippen molar-refractivity contribution in [1.29, 1.82) is 0 Å². The minimum atomic E-state index is -0.0834. The Morgan fingerprint density at radius 2 is 2.00 bits per heavy atom. The molecule has 3 nitrogen and oxygen atoms in total. The normalized spacial score (nSPS) is 14.1. The predicted molar refractivity (Wildman–Crippen MR) is 41.0 cm³/mol. The maximum Gasteiger partial charge on any atom is 0.154 e. The van der Waals surface area contributed by atoms with Crippen molar-refractivity contribution < 1.29 is 9.47 Å². The van der Waals surface area contributed by atoms with Gasteiger partial charge in [0, 0.05) is 13.7 Å². The summed E-state index contributed by atoms with van der Waals surface area (Å²) in [4.78, 5) is 2.07. The molecule has 0 amide bonds. The standard InChI is InChI=1S/C7H17NO2/c1-7(9-4)10-6-5-8(2)3/h7H,5-6H2,1-4H3. The number of nitrogens with zero attached hydrogens (tertiary/aromatic N) is 1. The second kappa shape index (κ2) is 5.65. The van der Waals surface area contributed by atoms with Gasteiger partial charge in [-0.1, -0.05) is 0 Å². The summed E-state index contributed by atoms with van der Waals surface area (Å²) in [5.74, 6) is 0. The van der Waals surface area contributed by atoms with E-state index in [1.54, 1.807) is 7.11 Å². The quantitative estimate of drug-likeness (QED) is 0.530. The largest absolute Gasteiger partial charge is 0.356 e. The third-order valence-electron chi connectivity index (χ3n) is 1.22. The summed E-state index contributed by atoms with van der Waals surface area (Å²) in [6.07, 6.45) is -0.0834. The van der Waals surface area contributed by atoms with Crippen molar-refractivity contribution in [1.82, 2.24) is 4.90 Å². The van der Waals surface area contributed by atoms with Gasteiger partial charge in [0.1, 0.15) is 0 Å². The minimum absolute atomic E-state index is 0.0834. The monoisotopic (exact) mass is 147 g/mol. The fourth-order valence-corrected chi connectivity index (χ4v) is 0.469. The minimum Gasteiger partial charge on any atom is -0.356 e. The summed E-state index contributed by atoms with van der Waals surface area (Å²) >= 11 is 0. The van der Waals surface area contributed by atoms with Crippen molar-refractivity contribution in [3.05, 3.63) is 0 Å². The van der Waals surface area contributed by atoms with Gasteiger partial charge in [-0.2, -0.15) is 0 Å². The molecule has 0 saturated heterocycles. The van der Waals surface area contributed by atoms with Crippen molar-refractivity contribution in [3.63, 3.8) is 0 Å². The van der Waals surface area contributed by atoms with E-state index in [0.29, 0.717) is 0 Å². The number of ether oxygens (including phenoxy) is 2. The highest BCUT2D eigenvalue weighted by Gasteiger charge is 1.97. The van der Waals surface area contributed by atoms with E-state index >= 15 is 0 Å². The molecule has 0 rings (SSSR count). The first-order valence-electron chi connectivity index (χ1n) is 3.46. The fourth-order valence-electron chi connectivity index (χ4n) is 0.469. The van der Waals surface area contributed by atoms with Crippen LogP contribution in [0.15, 0.2) is 0 Å². The van der Waals surface area contributed by atoms with Crippen LogP contribution in [0.1, 0.15) is 6.92 Å². The lowest BCUT2D eigenvalue weighted by Crippen LogP contribution is -2.21. The van der Waals surface area contributed by atoms with E-state index in [-0.39, 0.29) is 6.29 Å². The molecular weight excluding hydrogens is 130 g/mol. The molecule has 0 fully saturated rings. The molecule has 0 aliphatic carbocycles. The summed E-state index contributed by atoms with van der Waals surface area (Å²) in [6.45, 7) is 3.55. The van der Waals surface area contributed by atoms with Crippen LogP contribution in [0, 0.1) is 0 Å². The zero-order valence-corrected chi connectivity index (χ0v) is 7.26. The summed E-state index contributed by atoms with van der Waals surface area (Å²) in [6, 6.07) is 0. The van der Waals surface area contributed by atoms with Crippen LogP contribution in [0.4, 0.5) is 0 Å². The molecule has 0 radical (unpaired) electrons. The molecule has 10 heavy (non-hydrogen) atoms. The Bertz CT molecular complexity index is 76.0. The van der Waals surface area contributed by atoms with Crippen molar-refractivity contribution in [2.45, 2.75) is 13.2 Å². The maximum absolute atomic E-state index is 5.24. The lowest BCUT2D eigenvalue weighted by Gasteiger charge is -2.13. The number of hydrogen-bond acceptors (Lipinski definition) is 3. The summed E-state index contributed by atoms with van der Waals surface area (Å²) < 4.78 is 10.1. The van der Waals surface area contributed by atoms with Gasteiger partial charge in [-0.15, -0.1) is 0 Å². The molecule has 0 N–H and O–H groups in total. The third kappa shape index (κ3) is 6.01. The highest BCUT2D eigenvalue weighted by Crippen LogP contribution is 1.89. The molecule has 0 aliphatic rings. The number of methoxy groups -OCH3 is 1. The van der Waals surface area contributed by atoms with Crippen LogP contribution in [0.5, 0.6) is 0 Å². The SMILES string of the molecule is COC(C)OCCN(C)C. The Balaban J connectivity index is 3.03. The van der Waals surface area contributed by atoms with E-state index in [0.717, 1.165) is 13.2 Å². The molecule has 1 unspecified atom stereocenters. The molecular formula is C7H17NO2. The molecule has 1 atom stereocenters. The average molecular weight is 147 g/mol. The van der Waals surface area contributed by atoms with E-state index in [1.807, 2.05) is 21.0 Å². The molecule has 0 heterocycles. The van der Waals surface area contributed by atoms with Crippen molar-refractivity contribution in [3.8, 4) is 0 Å². The first-order chi connectivity index (χ1) is 4.66. The predicted octanol–water partition coefficient (Wildman–Crippen LogP) is 0.557. The first-order valence-corrected chi connectivity index (χ1v) is 3.46. The van der Waals surface area contributed by atoms with Gasteiger partial charge in [-0.3, -0.25) is 0 Å². The smallest absolute Gasteiger partial charge is 0.154 e. The number of hydrogen-bond donors (Lipinski definition) is 0. The van der Waals surface area contributed by atoms with Gasteiger partial charge in [0.2, 0.25) is 0 Å². The zero-order chi connectivity index (χ0) is 7.98. The lowest BCUT2D eigenvalue weighted by atomic mass is 10.6. The molecule has 0 aromatic carbocycles. The second-order valence-electron chi connectivity index (χ2n) is 2.48. The maximum atomic E-state index is 5.24. The highest BCUT2D eigenvalue weighted by atomic mass is 16.7. The summed E-state index contributed by atoms with van der Waals surface area (Å²) in [5.41, 5.74) is 0. The van der Waals surface area contributed by atoms with Gasteiger partial charge >= 0.3 is 0 Å². The van der Waals surface area contributed by atoms with Crippen LogP contribution in [-0.2, 0) is 9.47 Å². The fraction of sp³-hybridized carbons (Fsp3) is 1.00. The van der Waals surface area contributed by atoms with E-state index < -0.39 is 0 Å². The van der Waals surface area contributed by atoms with Gasteiger partial charge < -0.3 is 14.4 Å². The van der Waals surface area contributed by atoms with Crippen LogP contribution in [-0.4, -0.2) is 45.5 Å². The van der Waals surface area contributed by atoms with Crippen LogP contribution in [0.25, 0.3) is 0 Å². The van der Waals surface area contributed by atoms with Gasteiger partial charge in [0.25, 0.3) is 0 Å². The van der Waals surface area contributed by atoms with Crippen molar-refractivity contribution >= 4 is 0 Å². The molecule has 0 aromatic rings. The highest BCUT2D eigenvalue weighted by molar-refractivity contribution is 4.39. The molecule has 0 bridgehead atoms. The molecule has 62 valence electrons. The molecule has 3 heteroatoms. The van der Waals surface area contributed by atoms with Crippen LogP contribution in [0.3, 0.4) is 0 Å². The summed E-state index contributed by atoms with van der Waals surface area (Å²) in [7, 11) is 5.67. The van der Waals surface area contributed by atoms with Gasteiger partial charge in [-0.25, -0.2) is 0 Å². The Kier molecular flexibility index (Phi) is 5.58. The molecule has 0 spiro atoms. The first kappa shape index (κ1) is 9.88. The van der Waals surface area contributed by atoms with Crippen LogP contribution in [0.2, 0.25) is 0 Å². The Labute approximate surface area is 62.9 Å². The lowest BCUT2D eigenvalue weighted by molar-refractivity contribution is -0.112. The second-order valence-corrected chi connectivity index (χ2v) is 2.48.